The highest BCUT2D eigenvalue weighted by molar-refractivity contribution is 7.10. The SMILES string of the molecule is COc1cc2c(cc1OCCCCCC(=O)N1C[C@@H](CCl)c3c1cc(OP)c1ccccc31)N(C(=O)OCc1ccc(NC(=O)[C@@H](N)CCCCNC(=O)OC(C)(C)C)cc1)C(O)[C@@H]1CCCN1C2=O. The van der Waals surface area contributed by atoms with Crippen LogP contribution in [-0.4, -0.2) is 103 Å². The first-order valence-electron chi connectivity index (χ1n) is 23.8. The molecule has 3 aliphatic rings. The van der Waals surface area contributed by atoms with Gasteiger partial charge in [0, 0.05) is 61.1 Å². The zero-order chi connectivity index (χ0) is 50.1. The van der Waals surface area contributed by atoms with Crippen molar-refractivity contribution < 1.29 is 52.6 Å². The third kappa shape index (κ3) is 12.2. The first kappa shape index (κ1) is 52.0. The van der Waals surface area contributed by atoms with E-state index in [9.17, 15) is 29.1 Å². The van der Waals surface area contributed by atoms with Crippen molar-refractivity contribution in [1.82, 2.24) is 10.2 Å². The first-order chi connectivity index (χ1) is 33.6. The summed E-state index contributed by atoms with van der Waals surface area (Å²) in [4.78, 5) is 70.8. The summed E-state index contributed by atoms with van der Waals surface area (Å²) < 4.78 is 28.5. The monoisotopic (exact) mass is 1000 g/mol. The second kappa shape index (κ2) is 23.4. The minimum absolute atomic E-state index is 0.000720. The van der Waals surface area contributed by atoms with E-state index in [1.807, 2.05) is 35.2 Å². The Kier molecular flexibility index (Phi) is 17.3. The molecule has 3 aliphatic heterocycles. The van der Waals surface area contributed by atoms with Crippen LogP contribution in [0.1, 0.15) is 106 Å². The van der Waals surface area contributed by atoms with Crippen molar-refractivity contribution in [1.29, 1.82) is 0 Å². The number of carbonyl (C=O) groups is 5. The van der Waals surface area contributed by atoms with E-state index in [1.165, 1.54) is 19.2 Å². The number of rotatable bonds is 19. The molecular formula is C51H64ClN6O11P. The Balaban J connectivity index is 0.934. The molecule has 70 heavy (non-hydrogen) atoms. The molecule has 4 aromatic carbocycles. The fourth-order valence-electron chi connectivity index (χ4n) is 9.23. The molecule has 7 rings (SSSR count). The predicted molar refractivity (Wildman–Crippen MR) is 271 cm³/mol. The first-order valence-corrected chi connectivity index (χ1v) is 24.8. The summed E-state index contributed by atoms with van der Waals surface area (Å²) in [5, 5.41) is 19.2. The normalized spacial score (nSPS) is 17.8. The van der Waals surface area contributed by atoms with Gasteiger partial charge < -0.3 is 54.7 Å². The van der Waals surface area contributed by atoms with Crippen LogP contribution >= 0.6 is 21.1 Å². The van der Waals surface area contributed by atoms with Crippen LogP contribution in [0.2, 0.25) is 0 Å². The summed E-state index contributed by atoms with van der Waals surface area (Å²) in [6, 6.07) is 18.2. The average Bonchev–Trinajstić information content (AvgIpc) is 3.98. The molecule has 376 valence electrons. The third-order valence-corrected chi connectivity index (χ3v) is 13.3. The fraction of sp³-hybridized carbons (Fsp3) is 0.471. The lowest BCUT2D eigenvalue weighted by atomic mass is 9.95. The Morgan fingerprint density at radius 2 is 1.69 bits per heavy atom. The van der Waals surface area contributed by atoms with Crippen LogP contribution in [-0.2, 0) is 25.7 Å². The number of unbranched alkanes of at least 4 members (excludes halogenated alkanes) is 3. The van der Waals surface area contributed by atoms with Crippen molar-refractivity contribution >= 4 is 78.8 Å². The number of aliphatic hydroxyl groups is 1. The van der Waals surface area contributed by atoms with Gasteiger partial charge in [0.15, 0.2) is 17.7 Å². The number of alkyl carbamates (subject to hydrolysis) is 1. The van der Waals surface area contributed by atoms with Crippen molar-refractivity contribution in [2.75, 3.05) is 54.3 Å². The van der Waals surface area contributed by atoms with Crippen LogP contribution in [0.5, 0.6) is 17.2 Å². The van der Waals surface area contributed by atoms with Gasteiger partial charge in [-0.3, -0.25) is 14.4 Å². The molecule has 5 N–H and O–H groups in total. The van der Waals surface area contributed by atoms with Crippen molar-refractivity contribution in [3.8, 4) is 17.2 Å². The number of fused-ring (bicyclic) bond motifs is 5. The highest BCUT2D eigenvalue weighted by atomic mass is 35.5. The molecule has 0 spiro atoms. The van der Waals surface area contributed by atoms with E-state index in [1.54, 1.807) is 49.9 Å². The van der Waals surface area contributed by atoms with E-state index in [-0.39, 0.29) is 59.6 Å². The summed E-state index contributed by atoms with van der Waals surface area (Å²) in [5.41, 5.74) is 8.81. The van der Waals surface area contributed by atoms with Gasteiger partial charge in [-0.1, -0.05) is 36.4 Å². The molecule has 0 aromatic heterocycles. The third-order valence-electron chi connectivity index (χ3n) is 12.7. The maximum absolute atomic E-state index is 14.0. The Labute approximate surface area is 415 Å². The number of nitrogens with one attached hydrogen (secondary N) is 2. The van der Waals surface area contributed by atoms with E-state index >= 15 is 0 Å². The van der Waals surface area contributed by atoms with Crippen molar-refractivity contribution in [3.05, 3.63) is 83.4 Å². The van der Waals surface area contributed by atoms with Gasteiger partial charge in [0.1, 0.15) is 18.0 Å². The lowest BCUT2D eigenvalue weighted by molar-refractivity contribution is -0.119. The number of nitrogens with two attached hydrogens (primary N) is 1. The van der Waals surface area contributed by atoms with Crippen LogP contribution < -0.4 is 40.2 Å². The van der Waals surface area contributed by atoms with Crippen molar-refractivity contribution in [2.45, 2.75) is 115 Å². The summed E-state index contributed by atoms with van der Waals surface area (Å²) in [6.45, 7) is 6.75. The van der Waals surface area contributed by atoms with E-state index < -0.39 is 36.1 Å². The van der Waals surface area contributed by atoms with Crippen LogP contribution in [0.4, 0.5) is 26.7 Å². The van der Waals surface area contributed by atoms with E-state index in [2.05, 4.69) is 20.1 Å². The molecule has 5 atom stereocenters. The topological polar surface area (TPSA) is 212 Å². The number of halogens is 1. The average molecular weight is 1000 g/mol. The Bertz CT molecular complexity index is 2540. The molecular weight excluding hydrogens is 939 g/mol. The summed E-state index contributed by atoms with van der Waals surface area (Å²) in [7, 11) is 3.76. The number of benzene rings is 4. The number of hydrogen-bond acceptors (Lipinski definition) is 12. The lowest BCUT2D eigenvalue weighted by Gasteiger charge is -2.31. The van der Waals surface area contributed by atoms with Gasteiger partial charge in [-0.25, -0.2) is 14.5 Å². The van der Waals surface area contributed by atoms with Crippen LogP contribution in [0.15, 0.2) is 66.7 Å². The summed E-state index contributed by atoms with van der Waals surface area (Å²) >= 11 is 6.43. The standard InChI is InChI=1S/C51H64ClN6O11P/c1-51(2,3)68-49(63)54-22-10-9-15-37(53)46(60)55-33-20-18-31(19-21-33)30-67-50(64)58-39-26-43(42(65-4)25-36(39)47(61)56-23-12-16-38(56)48(58)62)66-24-11-5-6-17-44(59)57-29-32(28-52)45-35-14-8-7-13-34(35)41(69-70)27-40(45)57/h7-8,13-14,18-21,25-27,32,37-38,48,62H,5-6,9-12,15-17,22-24,28-30,53,70H2,1-4H3,(H,54,63)(H,55,60)/t32-,37+,38+,48?/m1/s1. The maximum Gasteiger partial charge on any atom is 0.416 e. The largest absolute Gasteiger partial charge is 0.493 e. The number of carbonyl (C=O) groups excluding carboxylic acids is 5. The number of aliphatic hydroxyl groups excluding tert-OH is 1. The van der Waals surface area contributed by atoms with Gasteiger partial charge in [-0.05, 0) is 107 Å². The zero-order valence-corrected chi connectivity index (χ0v) is 42.1. The van der Waals surface area contributed by atoms with Gasteiger partial charge in [-0.15, -0.1) is 11.6 Å². The molecule has 2 unspecified atom stereocenters. The quantitative estimate of drug-likeness (QED) is 0.0397. The molecule has 1 saturated heterocycles. The van der Waals surface area contributed by atoms with Crippen LogP contribution in [0.3, 0.4) is 0 Å². The fourth-order valence-corrected chi connectivity index (χ4v) is 9.67. The zero-order valence-electron chi connectivity index (χ0n) is 40.2. The maximum atomic E-state index is 14.0. The number of amides is 5. The van der Waals surface area contributed by atoms with Gasteiger partial charge in [-0.2, -0.15) is 0 Å². The number of alkyl halides is 1. The van der Waals surface area contributed by atoms with Gasteiger partial charge in [0.05, 0.1) is 52.2 Å². The molecule has 0 aliphatic carbocycles. The van der Waals surface area contributed by atoms with Crippen LogP contribution in [0.25, 0.3) is 10.8 Å². The number of methoxy groups -OCH3 is 1. The number of ether oxygens (including phenoxy) is 4. The van der Waals surface area contributed by atoms with Gasteiger partial charge in [0.2, 0.25) is 11.8 Å². The Morgan fingerprint density at radius 3 is 2.40 bits per heavy atom. The van der Waals surface area contributed by atoms with Gasteiger partial charge >= 0.3 is 12.2 Å². The molecule has 0 saturated carbocycles. The minimum Gasteiger partial charge on any atom is -0.493 e. The molecule has 4 aromatic rings. The van der Waals surface area contributed by atoms with E-state index in [0.717, 1.165) is 26.9 Å². The van der Waals surface area contributed by atoms with E-state index in [4.69, 9.17) is 40.8 Å². The molecule has 17 nitrogen and oxygen atoms in total. The highest BCUT2D eigenvalue weighted by Crippen LogP contribution is 2.46. The number of hydrogen-bond donors (Lipinski definition) is 4. The molecule has 0 bridgehead atoms. The minimum atomic E-state index is -1.41. The van der Waals surface area contributed by atoms with Crippen molar-refractivity contribution in [3.63, 3.8) is 0 Å². The lowest BCUT2D eigenvalue weighted by Crippen LogP contribution is -2.50. The molecule has 1 fully saturated rings. The molecule has 19 heteroatoms. The van der Waals surface area contributed by atoms with E-state index in [0.29, 0.717) is 100 Å². The summed E-state index contributed by atoms with van der Waals surface area (Å²) in [5.74, 6) is 0.889. The van der Waals surface area contributed by atoms with Crippen LogP contribution in [0, 0.1) is 0 Å². The molecule has 0 radical (unpaired) electrons. The summed E-state index contributed by atoms with van der Waals surface area (Å²) in [6.07, 6.45) is 2.23. The smallest absolute Gasteiger partial charge is 0.416 e. The number of nitrogens with zero attached hydrogens (tertiary/aromatic N) is 3. The highest BCUT2D eigenvalue weighted by Gasteiger charge is 2.45. The van der Waals surface area contributed by atoms with Crippen molar-refractivity contribution in [2.24, 2.45) is 5.73 Å². The second-order valence-electron chi connectivity index (χ2n) is 18.8. The Morgan fingerprint density at radius 1 is 0.943 bits per heavy atom. The van der Waals surface area contributed by atoms with Gasteiger partial charge in [0.25, 0.3) is 5.91 Å². The second-order valence-corrected chi connectivity index (χ2v) is 19.3. The molecule has 5 amide bonds. The Hall–Kier alpha value is -5.87. The number of anilines is 3. The predicted octanol–water partition coefficient (Wildman–Crippen LogP) is 8.37. The molecule has 3 heterocycles.